The third-order valence-corrected chi connectivity index (χ3v) is 9.61. The lowest BCUT2D eigenvalue weighted by Crippen LogP contribution is -2.33. The molecule has 0 aliphatic carbocycles. The quantitative estimate of drug-likeness (QED) is 0.200. The zero-order valence-electron chi connectivity index (χ0n) is 24.6. The van der Waals surface area contributed by atoms with Crippen LogP contribution in [0.3, 0.4) is 0 Å². The zero-order valence-corrected chi connectivity index (χ0v) is 26.7. The Bertz CT molecular complexity index is 1570. The molecule has 1 aromatic heterocycles. The minimum atomic E-state index is -0.605. The van der Waals surface area contributed by atoms with Gasteiger partial charge in [-0.2, -0.15) is 0 Å². The van der Waals surface area contributed by atoms with Gasteiger partial charge >= 0.3 is 0 Å². The number of hydrogen-bond acceptors (Lipinski definition) is 5. The van der Waals surface area contributed by atoms with Gasteiger partial charge in [0.2, 0.25) is 0 Å². The Kier molecular flexibility index (Phi) is 8.08. The van der Waals surface area contributed by atoms with Gasteiger partial charge in [0.15, 0.2) is 0 Å². The molecule has 5 rings (SSSR count). The second-order valence-electron chi connectivity index (χ2n) is 11.8. The smallest absolute Gasteiger partial charge is 0.137 e. The molecule has 3 aromatic carbocycles. The highest BCUT2D eigenvalue weighted by Gasteiger charge is 2.38. The largest absolute Gasteiger partial charge is 0.488 e. The third kappa shape index (κ3) is 5.30. The molecule has 210 valence electrons. The number of para-hydroxylation sites is 1. The number of halogens is 1. The Morgan fingerprint density at radius 2 is 1.95 bits per heavy atom. The molecule has 0 spiro atoms. The van der Waals surface area contributed by atoms with Crippen LogP contribution in [0.1, 0.15) is 73.4 Å². The van der Waals surface area contributed by atoms with E-state index in [1.807, 2.05) is 7.05 Å². The van der Waals surface area contributed by atoms with E-state index < -0.39 is 5.41 Å². The molecule has 6 nitrogen and oxygen atoms in total. The van der Waals surface area contributed by atoms with Gasteiger partial charge in [-0.3, -0.25) is 9.69 Å². The lowest BCUT2D eigenvalue weighted by atomic mass is 9.68. The van der Waals surface area contributed by atoms with Gasteiger partial charge in [0.25, 0.3) is 0 Å². The number of nitrogens with zero attached hydrogens (tertiary/aromatic N) is 4. The second-order valence-corrected chi connectivity index (χ2v) is 13.0. The first-order chi connectivity index (χ1) is 19.0. The summed E-state index contributed by atoms with van der Waals surface area (Å²) in [5, 5.41) is 8.69. The molecule has 7 heteroatoms. The zero-order chi connectivity index (χ0) is 28.8. The van der Waals surface area contributed by atoms with Crippen LogP contribution in [0, 0.1) is 22.8 Å². The maximum absolute atomic E-state index is 13.1. The number of carbonyl (C=O) groups is 1. The van der Waals surface area contributed by atoms with E-state index in [1.165, 1.54) is 20.3 Å². The van der Waals surface area contributed by atoms with Crippen molar-refractivity contribution in [2.45, 2.75) is 73.1 Å². The lowest BCUT2D eigenvalue weighted by Gasteiger charge is -2.35. The van der Waals surface area contributed by atoms with E-state index in [1.54, 1.807) is 11.6 Å². The molecule has 40 heavy (non-hydrogen) atoms. The van der Waals surface area contributed by atoms with Crippen molar-refractivity contribution in [2.75, 3.05) is 6.54 Å². The molecule has 0 radical (unpaired) electrons. The maximum Gasteiger partial charge on any atom is 0.137 e. The van der Waals surface area contributed by atoms with Gasteiger partial charge in [0.1, 0.15) is 23.2 Å². The highest BCUT2D eigenvalue weighted by molar-refractivity contribution is 14.1. The Balaban J connectivity index is 1.56. The van der Waals surface area contributed by atoms with E-state index in [0.29, 0.717) is 0 Å². The fourth-order valence-electron chi connectivity index (χ4n) is 5.97. The second kappa shape index (κ2) is 11.2. The topological polar surface area (TPSA) is 60.2 Å². The van der Waals surface area contributed by atoms with Crippen molar-refractivity contribution in [1.82, 2.24) is 19.9 Å². The SMILES string of the molecule is CC[C@@H]1CN(Cc2cc(C(c3ccc4c(nnn4C)c3C)C(C)(C)C(C)=O)ccc2C)Cc2cccc(I)c2O1. The number of Topliss-reactive ketones (excluding diaryl/α,β-unsaturated/α-hetero) is 1. The lowest BCUT2D eigenvalue weighted by molar-refractivity contribution is -0.125. The molecule has 2 heterocycles. The van der Waals surface area contributed by atoms with Crippen molar-refractivity contribution < 1.29 is 9.53 Å². The first kappa shape index (κ1) is 28.7. The van der Waals surface area contributed by atoms with Crippen molar-refractivity contribution in [2.24, 2.45) is 12.5 Å². The predicted molar refractivity (Wildman–Crippen MR) is 169 cm³/mol. The normalized spacial score (nSPS) is 16.9. The summed E-state index contributed by atoms with van der Waals surface area (Å²) in [6, 6.07) is 17.4. The number of carbonyl (C=O) groups excluding carboxylic acids is 1. The summed E-state index contributed by atoms with van der Waals surface area (Å²) >= 11 is 2.38. The molecule has 0 bridgehead atoms. The third-order valence-electron chi connectivity index (χ3n) is 8.76. The van der Waals surface area contributed by atoms with Crippen LogP contribution in [-0.4, -0.2) is 38.3 Å². The van der Waals surface area contributed by atoms with Gasteiger partial charge in [-0.05, 0) is 89.7 Å². The molecule has 2 atom stereocenters. The van der Waals surface area contributed by atoms with Gasteiger partial charge in [-0.25, -0.2) is 4.68 Å². The van der Waals surface area contributed by atoms with E-state index in [4.69, 9.17) is 4.74 Å². The predicted octanol–water partition coefficient (Wildman–Crippen LogP) is 7.11. The molecular weight excluding hydrogens is 611 g/mol. The van der Waals surface area contributed by atoms with Crippen LogP contribution < -0.4 is 4.74 Å². The van der Waals surface area contributed by atoms with Gasteiger partial charge in [-0.15, -0.1) is 5.10 Å². The van der Waals surface area contributed by atoms with Crippen LogP contribution in [0.2, 0.25) is 0 Å². The van der Waals surface area contributed by atoms with Crippen LogP contribution in [0.5, 0.6) is 5.75 Å². The number of fused-ring (bicyclic) bond motifs is 2. The molecule has 0 amide bonds. The summed E-state index contributed by atoms with van der Waals surface area (Å²) in [7, 11) is 1.91. The van der Waals surface area contributed by atoms with Crippen LogP contribution >= 0.6 is 22.6 Å². The molecule has 1 unspecified atom stereocenters. The standard InChI is InChI=1S/C33H39IN4O2/c1-8-26-19-38(17-24-10-9-11-28(34)32(24)40-26)18-25-16-23(13-12-20(25)2)30(33(5,6)22(4)39)27-14-15-29-31(21(27)3)35-36-37(29)7/h9-16,26,30H,8,17-19H2,1-7H3/t26-,30?/m1/s1. The summed E-state index contributed by atoms with van der Waals surface area (Å²) in [5.41, 5.74) is 8.41. The molecule has 4 aromatic rings. The average Bonchev–Trinajstić information content (AvgIpc) is 3.18. The number of aromatic nitrogens is 3. The Morgan fingerprint density at radius 1 is 1.18 bits per heavy atom. The van der Waals surface area contributed by atoms with Crippen molar-refractivity contribution in [3.63, 3.8) is 0 Å². The summed E-state index contributed by atoms with van der Waals surface area (Å²) in [4.78, 5) is 15.6. The van der Waals surface area contributed by atoms with Crippen molar-refractivity contribution in [1.29, 1.82) is 0 Å². The summed E-state index contributed by atoms with van der Waals surface area (Å²) in [6.07, 6.45) is 1.10. The fourth-order valence-corrected chi connectivity index (χ4v) is 6.65. The minimum absolute atomic E-state index is 0.117. The van der Waals surface area contributed by atoms with Gasteiger partial charge in [0, 0.05) is 43.6 Å². The van der Waals surface area contributed by atoms with Gasteiger partial charge in [-0.1, -0.05) is 62.4 Å². The number of benzene rings is 3. The summed E-state index contributed by atoms with van der Waals surface area (Å²) in [6.45, 7) is 14.9. The van der Waals surface area contributed by atoms with Crippen LogP contribution in [0.4, 0.5) is 0 Å². The molecule has 0 fully saturated rings. The average molecular weight is 651 g/mol. The Hall–Kier alpha value is -2.78. The minimum Gasteiger partial charge on any atom is -0.488 e. The van der Waals surface area contributed by atoms with Crippen LogP contribution in [0.25, 0.3) is 11.0 Å². The molecule has 0 N–H and O–H groups in total. The van der Waals surface area contributed by atoms with Crippen LogP contribution in [-0.2, 0) is 24.9 Å². The molecule has 0 saturated carbocycles. The number of ether oxygens (including phenoxy) is 1. The molecule has 1 aliphatic rings. The number of aryl methyl sites for hydroxylation is 3. The van der Waals surface area contributed by atoms with E-state index in [9.17, 15) is 4.79 Å². The monoisotopic (exact) mass is 650 g/mol. The molecule has 0 saturated heterocycles. The highest BCUT2D eigenvalue weighted by Crippen LogP contribution is 2.44. The summed E-state index contributed by atoms with van der Waals surface area (Å²) < 4.78 is 9.44. The number of rotatable bonds is 7. The number of ketones is 1. The van der Waals surface area contributed by atoms with Crippen molar-refractivity contribution >= 4 is 39.4 Å². The first-order valence-corrected chi connectivity index (χ1v) is 15.1. The molecule has 1 aliphatic heterocycles. The Morgan fingerprint density at radius 3 is 2.67 bits per heavy atom. The maximum atomic E-state index is 13.1. The van der Waals surface area contributed by atoms with Crippen molar-refractivity contribution in [3.8, 4) is 5.75 Å². The van der Waals surface area contributed by atoms with Crippen molar-refractivity contribution in [3.05, 3.63) is 85.5 Å². The molecular formula is C33H39IN4O2. The fraction of sp³-hybridized carbons (Fsp3) is 0.424. The van der Waals surface area contributed by atoms with E-state index >= 15 is 0 Å². The van der Waals surface area contributed by atoms with E-state index in [0.717, 1.165) is 59.5 Å². The van der Waals surface area contributed by atoms with Crippen LogP contribution in [0.15, 0.2) is 48.5 Å². The van der Waals surface area contributed by atoms with Gasteiger partial charge < -0.3 is 4.74 Å². The summed E-state index contributed by atoms with van der Waals surface area (Å²) in [5.74, 6) is 1.08. The van der Waals surface area contributed by atoms with E-state index in [2.05, 4.69) is 121 Å². The Labute approximate surface area is 251 Å². The highest BCUT2D eigenvalue weighted by atomic mass is 127. The first-order valence-electron chi connectivity index (χ1n) is 14.1. The van der Waals surface area contributed by atoms with E-state index in [-0.39, 0.29) is 17.8 Å². The van der Waals surface area contributed by atoms with Gasteiger partial charge in [0.05, 0.1) is 9.09 Å². The number of hydrogen-bond donors (Lipinski definition) is 0.